The largest absolute Gasteiger partial charge is 0.396 e. The zero-order valence-electron chi connectivity index (χ0n) is 8.43. The second-order valence-electron chi connectivity index (χ2n) is 3.80. The Morgan fingerprint density at radius 1 is 1.60 bits per heavy atom. The third-order valence-electron chi connectivity index (χ3n) is 2.77. The molecule has 1 N–H and O–H groups in total. The van der Waals surface area contributed by atoms with Crippen LogP contribution in [0.2, 0.25) is 0 Å². The Bertz CT molecular complexity index is 368. The summed E-state index contributed by atoms with van der Waals surface area (Å²) in [6, 6.07) is 5.63. The van der Waals surface area contributed by atoms with Crippen molar-refractivity contribution in [2.75, 3.05) is 24.6 Å². The van der Waals surface area contributed by atoms with Crippen LogP contribution in [0.4, 0.5) is 5.69 Å². The van der Waals surface area contributed by atoms with Crippen LogP contribution in [0.15, 0.2) is 18.3 Å². The monoisotopic (exact) mass is 203 g/mol. The van der Waals surface area contributed by atoms with E-state index >= 15 is 0 Å². The predicted molar refractivity (Wildman–Crippen MR) is 56.4 cm³/mol. The van der Waals surface area contributed by atoms with Crippen LogP contribution in [-0.4, -0.2) is 29.8 Å². The van der Waals surface area contributed by atoms with Crippen molar-refractivity contribution < 1.29 is 5.11 Å². The van der Waals surface area contributed by atoms with Crippen LogP contribution >= 0.6 is 0 Å². The lowest BCUT2D eigenvalue weighted by Gasteiger charge is -2.17. The Kier molecular flexibility index (Phi) is 2.84. The molecule has 1 saturated heterocycles. The molecule has 78 valence electrons. The molecule has 1 unspecified atom stereocenters. The maximum absolute atomic E-state index is 9.03. The average Bonchev–Trinajstić information content (AvgIpc) is 2.78. The molecule has 0 aliphatic carbocycles. The molecule has 15 heavy (non-hydrogen) atoms. The van der Waals surface area contributed by atoms with Crippen molar-refractivity contribution in [2.45, 2.75) is 6.42 Å². The highest BCUT2D eigenvalue weighted by molar-refractivity contribution is 5.46. The summed E-state index contributed by atoms with van der Waals surface area (Å²) < 4.78 is 0. The molecule has 2 heterocycles. The van der Waals surface area contributed by atoms with Crippen LogP contribution in [0.5, 0.6) is 0 Å². The fourth-order valence-corrected chi connectivity index (χ4v) is 1.86. The Morgan fingerprint density at radius 2 is 2.47 bits per heavy atom. The molecule has 1 aliphatic heterocycles. The fourth-order valence-electron chi connectivity index (χ4n) is 1.86. The third kappa shape index (κ3) is 2.08. The highest BCUT2D eigenvalue weighted by atomic mass is 16.3. The van der Waals surface area contributed by atoms with Crippen LogP contribution in [0.3, 0.4) is 0 Å². The van der Waals surface area contributed by atoms with Gasteiger partial charge in [0.1, 0.15) is 11.8 Å². The first-order valence-electron chi connectivity index (χ1n) is 5.05. The van der Waals surface area contributed by atoms with Crippen molar-refractivity contribution in [1.82, 2.24) is 4.98 Å². The van der Waals surface area contributed by atoms with E-state index in [0.717, 1.165) is 25.2 Å². The van der Waals surface area contributed by atoms with E-state index in [9.17, 15) is 0 Å². The minimum absolute atomic E-state index is 0.250. The standard InChI is InChI=1S/C11H13N3O/c12-5-10-1-2-11(6-13-10)14-4-3-9(7-14)8-15/h1-2,6,9,15H,3-4,7-8H2. The maximum Gasteiger partial charge on any atom is 0.140 e. The molecule has 0 bridgehead atoms. The summed E-state index contributed by atoms with van der Waals surface area (Å²) in [5.74, 6) is 0.376. The van der Waals surface area contributed by atoms with Gasteiger partial charge in [0.05, 0.1) is 11.9 Å². The first-order chi connectivity index (χ1) is 7.33. The van der Waals surface area contributed by atoms with Gasteiger partial charge in [0.2, 0.25) is 0 Å². The Morgan fingerprint density at radius 3 is 3.00 bits per heavy atom. The Balaban J connectivity index is 2.08. The van der Waals surface area contributed by atoms with Gasteiger partial charge in [-0.25, -0.2) is 4.98 Å². The van der Waals surface area contributed by atoms with Gasteiger partial charge in [0.25, 0.3) is 0 Å². The number of hydrogen-bond acceptors (Lipinski definition) is 4. The first-order valence-corrected chi connectivity index (χ1v) is 5.05. The lowest BCUT2D eigenvalue weighted by molar-refractivity contribution is 0.238. The topological polar surface area (TPSA) is 60.2 Å². The van der Waals surface area contributed by atoms with Gasteiger partial charge in [-0.15, -0.1) is 0 Å². The third-order valence-corrected chi connectivity index (χ3v) is 2.77. The molecule has 4 heteroatoms. The molecular formula is C11H13N3O. The molecule has 0 saturated carbocycles. The Labute approximate surface area is 88.8 Å². The first kappa shape index (κ1) is 9.94. The second kappa shape index (κ2) is 4.28. The van der Waals surface area contributed by atoms with Gasteiger partial charge in [-0.2, -0.15) is 5.26 Å². The van der Waals surface area contributed by atoms with E-state index in [1.165, 1.54) is 0 Å². The predicted octanol–water partition coefficient (Wildman–Crippen LogP) is 0.772. The molecule has 1 atom stereocenters. The van der Waals surface area contributed by atoms with Gasteiger partial charge in [-0.05, 0) is 18.6 Å². The average molecular weight is 203 g/mol. The summed E-state index contributed by atoms with van der Waals surface area (Å²) >= 11 is 0. The van der Waals surface area contributed by atoms with E-state index in [1.807, 2.05) is 12.1 Å². The molecule has 1 fully saturated rings. The van der Waals surface area contributed by atoms with E-state index < -0.39 is 0 Å². The molecule has 0 amide bonds. The molecule has 4 nitrogen and oxygen atoms in total. The minimum atomic E-state index is 0.250. The number of aromatic nitrogens is 1. The van der Waals surface area contributed by atoms with Crippen molar-refractivity contribution in [3.05, 3.63) is 24.0 Å². The zero-order chi connectivity index (χ0) is 10.7. The summed E-state index contributed by atoms with van der Waals surface area (Å²) in [6.45, 7) is 2.09. The van der Waals surface area contributed by atoms with Gasteiger partial charge in [-0.1, -0.05) is 0 Å². The number of nitriles is 1. The molecule has 2 rings (SSSR count). The van der Waals surface area contributed by atoms with Crippen molar-refractivity contribution in [2.24, 2.45) is 5.92 Å². The van der Waals surface area contributed by atoms with Crippen molar-refractivity contribution in [3.8, 4) is 6.07 Å². The molecule has 1 aromatic heterocycles. The van der Waals surface area contributed by atoms with Crippen molar-refractivity contribution in [1.29, 1.82) is 5.26 Å². The molecule has 1 aromatic rings. The summed E-state index contributed by atoms with van der Waals surface area (Å²) in [7, 11) is 0. The number of aliphatic hydroxyl groups excluding tert-OH is 1. The van der Waals surface area contributed by atoms with Crippen molar-refractivity contribution >= 4 is 5.69 Å². The molecular weight excluding hydrogens is 190 g/mol. The van der Waals surface area contributed by atoms with Crippen LogP contribution in [0.1, 0.15) is 12.1 Å². The van der Waals surface area contributed by atoms with Crippen LogP contribution in [-0.2, 0) is 0 Å². The van der Waals surface area contributed by atoms with Crippen molar-refractivity contribution in [3.63, 3.8) is 0 Å². The van der Waals surface area contributed by atoms with Crippen LogP contribution in [0, 0.1) is 17.2 Å². The lowest BCUT2D eigenvalue weighted by Crippen LogP contribution is -2.20. The highest BCUT2D eigenvalue weighted by Crippen LogP contribution is 2.22. The SMILES string of the molecule is N#Cc1ccc(N2CCC(CO)C2)cn1. The smallest absolute Gasteiger partial charge is 0.140 e. The molecule has 1 aliphatic rings. The van der Waals surface area contributed by atoms with Crippen LogP contribution in [0.25, 0.3) is 0 Å². The second-order valence-corrected chi connectivity index (χ2v) is 3.80. The van der Waals surface area contributed by atoms with Gasteiger partial charge in [-0.3, -0.25) is 0 Å². The lowest BCUT2D eigenvalue weighted by atomic mass is 10.1. The number of anilines is 1. The minimum Gasteiger partial charge on any atom is -0.396 e. The number of pyridine rings is 1. The maximum atomic E-state index is 9.03. The van der Waals surface area contributed by atoms with Gasteiger partial charge in [0.15, 0.2) is 0 Å². The van der Waals surface area contributed by atoms with Gasteiger partial charge >= 0.3 is 0 Å². The van der Waals surface area contributed by atoms with E-state index in [-0.39, 0.29) is 6.61 Å². The van der Waals surface area contributed by atoms with Gasteiger partial charge < -0.3 is 10.0 Å². The number of nitrogens with zero attached hydrogens (tertiary/aromatic N) is 3. The van der Waals surface area contributed by atoms with E-state index in [4.69, 9.17) is 10.4 Å². The number of aliphatic hydroxyl groups is 1. The summed E-state index contributed by atoms with van der Waals surface area (Å²) in [4.78, 5) is 6.22. The fraction of sp³-hybridized carbons (Fsp3) is 0.455. The van der Waals surface area contributed by atoms with Gasteiger partial charge in [0, 0.05) is 25.6 Å². The van der Waals surface area contributed by atoms with Crippen LogP contribution < -0.4 is 4.90 Å². The molecule has 0 spiro atoms. The normalized spacial score (nSPS) is 20.3. The Hall–Kier alpha value is -1.60. The quantitative estimate of drug-likeness (QED) is 0.771. The molecule has 0 radical (unpaired) electrons. The molecule has 0 aromatic carbocycles. The van der Waals surface area contributed by atoms with E-state index in [1.54, 1.807) is 12.3 Å². The van der Waals surface area contributed by atoms with E-state index in [2.05, 4.69) is 9.88 Å². The highest BCUT2D eigenvalue weighted by Gasteiger charge is 2.21. The number of hydrogen-bond donors (Lipinski definition) is 1. The summed E-state index contributed by atoms with van der Waals surface area (Å²) in [6.07, 6.45) is 2.74. The number of rotatable bonds is 2. The van der Waals surface area contributed by atoms with E-state index in [0.29, 0.717) is 11.6 Å². The summed E-state index contributed by atoms with van der Waals surface area (Å²) in [5, 5.41) is 17.6. The zero-order valence-corrected chi connectivity index (χ0v) is 8.43. The summed E-state index contributed by atoms with van der Waals surface area (Å²) in [5.41, 5.74) is 1.47.